The molecule has 0 fully saturated rings. The number of methoxy groups -OCH3 is 3. The summed E-state index contributed by atoms with van der Waals surface area (Å²) in [7, 11) is 4.46. The van der Waals surface area contributed by atoms with Crippen molar-refractivity contribution in [2.45, 2.75) is 13.0 Å². The monoisotopic (exact) mass is 442 g/mol. The van der Waals surface area contributed by atoms with Crippen LogP contribution in [0.25, 0.3) is 12.2 Å². The van der Waals surface area contributed by atoms with Gasteiger partial charge in [-0.1, -0.05) is 12.1 Å². The van der Waals surface area contributed by atoms with Gasteiger partial charge in [0.05, 0.1) is 12.7 Å². The number of hydrogen-bond acceptors (Lipinski definition) is 8. The summed E-state index contributed by atoms with van der Waals surface area (Å²) < 4.78 is 31.9. The minimum absolute atomic E-state index is 0.0316. The SMILES string of the molecule is COCOc1ccc(/C=C/C(=O)c2c(OC)cc3c(c2O)C=CC(C)O3)cc1OCOC. The molecule has 0 aliphatic carbocycles. The van der Waals surface area contributed by atoms with Gasteiger partial charge in [-0.05, 0) is 42.8 Å². The van der Waals surface area contributed by atoms with Gasteiger partial charge in [-0.3, -0.25) is 4.79 Å². The van der Waals surface area contributed by atoms with E-state index >= 15 is 0 Å². The Morgan fingerprint density at radius 1 is 1.06 bits per heavy atom. The van der Waals surface area contributed by atoms with Crippen molar-refractivity contribution >= 4 is 17.9 Å². The number of allylic oxidation sites excluding steroid dienone is 1. The molecule has 32 heavy (non-hydrogen) atoms. The van der Waals surface area contributed by atoms with Crippen LogP contribution in [0.4, 0.5) is 0 Å². The highest BCUT2D eigenvalue weighted by molar-refractivity contribution is 6.11. The van der Waals surface area contributed by atoms with Crippen LogP contribution in [0.5, 0.6) is 28.7 Å². The summed E-state index contributed by atoms with van der Waals surface area (Å²) >= 11 is 0. The van der Waals surface area contributed by atoms with Crippen molar-refractivity contribution in [3.63, 3.8) is 0 Å². The molecule has 2 aromatic carbocycles. The molecule has 1 atom stereocenters. The normalized spacial score (nSPS) is 14.7. The predicted octanol–water partition coefficient (Wildman–Crippen LogP) is 4.06. The van der Waals surface area contributed by atoms with Crippen molar-refractivity contribution in [2.75, 3.05) is 34.9 Å². The van der Waals surface area contributed by atoms with E-state index in [0.29, 0.717) is 28.4 Å². The van der Waals surface area contributed by atoms with Gasteiger partial charge in [-0.25, -0.2) is 0 Å². The number of aromatic hydroxyl groups is 1. The molecule has 8 nitrogen and oxygen atoms in total. The molecule has 0 amide bonds. The summed E-state index contributed by atoms with van der Waals surface area (Å²) in [5.41, 5.74) is 1.18. The Labute approximate surface area is 186 Å². The van der Waals surface area contributed by atoms with E-state index in [2.05, 4.69) is 0 Å². The van der Waals surface area contributed by atoms with Crippen molar-refractivity contribution in [2.24, 2.45) is 0 Å². The highest BCUT2D eigenvalue weighted by Gasteiger charge is 2.24. The molecule has 0 bridgehead atoms. The zero-order valence-corrected chi connectivity index (χ0v) is 18.4. The third-order valence-electron chi connectivity index (χ3n) is 4.64. The number of ketones is 1. The van der Waals surface area contributed by atoms with Crippen molar-refractivity contribution in [3.8, 4) is 28.7 Å². The van der Waals surface area contributed by atoms with Gasteiger partial charge in [-0.15, -0.1) is 0 Å². The number of rotatable bonds is 10. The Morgan fingerprint density at radius 2 is 1.78 bits per heavy atom. The Morgan fingerprint density at radius 3 is 2.47 bits per heavy atom. The fourth-order valence-corrected chi connectivity index (χ4v) is 3.13. The van der Waals surface area contributed by atoms with Gasteiger partial charge in [0.1, 0.15) is 28.9 Å². The minimum atomic E-state index is -0.423. The Kier molecular flexibility index (Phi) is 7.75. The lowest BCUT2D eigenvalue weighted by Gasteiger charge is -2.21. The molecular weight excluding hydrogens is 416 g/mol. The van der Waals surface area contributed by atoms with Crippen LogP contribution in [0.1, 0.15) is 28.4 Å². The number of hydrogen-bond donors (Lipinski definition) is 1. The van der Waals surface area contributed by atoms with Crippen LogP contribution in [-0.2, 0) is 9.47 Å². The number of ether oxygens (including phenoxy) is 6. The van der Waals surface area contributed by atoms with Crippen molar-refractivity contribution in [3.05, 3.63) is 53.1 Å². The maximum absolute atomic E-state index is 12.9. The first-order valence-corrected chi connectivity index (χ1v) is 9.87. The van der Waals surface area contributed by atoms with Gasteiger partial charge in [0.15, 0.2) is 30.9 Å². The summed E-state index contributed by atoms with van der Waals surface area (Å²) in [6.45, 7) is 1.97. The fourth-order valence-electron chi connectivity index (χ4n) is 3.13. The predicted molar refractivity (Wildman–Crippen MR) is 119 cm³/mol. The van der Waals surface area contributed by atoms with E-state index in [1.165, 1.54) is 27.4 Å². The zero-order valence-electron chi connectivity index (χ0n) is 18.4. The van der Waals surface area contributed by atoms with E-state index in [1.54, 1.807) is 42.5 Å². The summed E-state index contributed by atoms with van der Waals surface area (Å²) in [5, 5.41) is 10.7. The molecular formula is C24H26O8. The second-order valence-electron chi connectivity index (χ2n) is 6.90. The highest BCUT2D eigenvalue weighted by atomic mass is 16.7. The maximum atomic E-state index is 12.9. The summed E-state index contributed by atoms with van der Waals surface area (Å²) in [6, 6.07) is 6.77. The van der Waals surface area contributed by atoms with Gasteiger partial charge in [0.2, 0.25) is 0 Å². The topological polar surface area (TPSA) is 92.7 Å². The molecule has 1 aliphatic heterocycles. The molecule has 2 aromatic rings. The Hall–Kier alpha value is -3.49. The first-order chi connectivity index (χ1) is 15.5. The molecule has 0 saturated heterocycles. The smallest absolute Gasteiger partial charge is 0.193 e. The van der Waals surface area contributed by atoms with E-state index in [4.69, 9.17) is 28.4 Å². The van der Waals surface area contributed by atoms with Gasteiger partial charge in [0, 0.05) is 20.3 Å². The van der Waals surface area contributed by atoms with Crippen molar-refractivity contribution in [1.82, 2.24) is 0 Å². The molecule has 1 aliphatic rings. The van der Waals surface area contributed by atoms with Crippen LogP contribution >= 0.6 is 0 Å². The van der Waals surface area contributed by atoms with E-state index in [0.717, 1.165) is 0 Å². The molecule has 1 heterocycles. The molecule has 170 valence electrons. The number of carbonyl (C=O) groups is 1. The lowest BCUT2D eigenvalue weighted by Crippen LogP contribution is -2.13. The van der Waals surface area contributed by atoms with E-state index in [9.17, 15) is 9.90 Å². The van der Waals surface area contributed by atoms with E-state index in [-0.39, 0.29) is 36.8 Å². The molecule has 0 radical (unpaired) electrons. The van der Waals surface area contributed by atoms with Crippen LogP contribution in [0, 0.1) is 0 Å². The Balaban J connectivity index is 1.89. The largest absolute Gasteiger partial charge is 0.506 e. The standard InChI is InChI=1S/C24H26O8/c1-15-5-8-17-20(32-15)12-22(29-4)23(24(17)26)18(25)9-6-16-7-10-19(30-13-27-2)21(11-16)31-14-28-3/h5-12,15,26H,13-14H2,1-4H3/b9-6+. The quantitative estimate of drug-likeness (QED) is 0.335. The first-order valence-electron chi connectivity index (χ1n) is 9.87. The third-order valence-corrected chi connectivity index (χ3v) is 4.64. The average molecular weight is 442 g/mol. The molecule has 1 unspecified atom stereocenters. The van der Waals surface area contributed by atoms with Crippen molar-refractivity contribution in [1.29, 1.82) is 0 Å². The zero-order chi connectivity index (χ0) is 23.1. The van der Waals surface area contributed by atoms with Gasteiger partial charge >= 0.3 is 0 Å². The molecule has 3 rings (SSSR count). The van der Waals surface area contributed by atoms with Crippen LogP contribution in [0.15, 0.2) is 36.4 Å². The first kappa shape index (κ1) is 23.2. The van der Waals surface area contributed by atoms with Crippen molar-refractivity contribution < 1.29 is 38.3 Å². The van der Waals surface area contributed by atoms with Gasteiger partial charge in [-0.2, -0.15) is 0 Å². The number of phenolic OH excluding ortho intramolecular Hbond substituents is 1. The second-order valence-corrected chi connectivity index (χ2v) is 6.90. The van der Waals surface area contributed by atoms with Crippen LogP contribution in [0.2, 0.25) is 0 Å². The average Bonchev–Trinajstić information content (AvgIpc) is 2.79. The number of carbonyl (C=O) groups excluding carboxylic acids is 1. The molecule has 8 heteroatoms. The van der Waals surface area contributed by atoms with E-state index < -0.39 is 5.78 Å². The number of benzene rings is 2. The minimum Gasteiger partial charge on any atom is -0.506 e. The highest BCUT2D eigenvalue weighted by Crippen LogP contribution is 2.42. The summed E-state index contributed by atoms with van der Waals surface area (Å²) in [6.07, 6.45) is 6.35. The molecule has 1 N–H and O–H groups in total. The number of phenols is 1. The Bertz CT molecular complexity index is 1030. The lowest BCUT2D eigenvalue weighted by atomic mass is 9.99. The maximum Gasteiger partial charge on any atom is 0.193 e. The lowest BCUT2D eigenvalue weighted by molar-refractivity contribution is 0.0322. The summed E-state index contributed by atoms with van der Waals surface area (Å²) in [4.78, 5) is 12.9. The molecule has 0 spiro atoms. The van der Waals surface area contributed by atoms with Crippen LogP contribution < -0.4 is 18.9 Å². The summed E-state index contributed by atoms with van der Waals surface area (Å²) in [5.74, 6) is 0.983. The number of fused-ring (bicyclic) bond motifs is 1. The second kappa shape index (κ2) is 10.7. The van der Waals surface area contributed by atoms with E-state index in [1.807, 2.05) is 6.92 Å². The van der Waals surface area contributed by atoms with Gasteiger partial charge in [0.25, 0.3) is 0 Å². The van der Waals surface area contributed by atoms with Gasteiger partial charge < -0.3 is 33.5 Å². The molecule has 0 aromatic heterocycles. The fraction of sp³-hybridized carbons (Fsp3) is 0.292. The van der Waals surface area contributed by atoms with Crippen LogP contribution in [0.3, 0.4) is 0 Å². The third kappa shape index (κ3) is 5.22. The van der Waals surface area contributed by atoms with Crippen LogP contribution in [-0.4, -0.2) is 51.9 Å². The molecule has 0 saturated carbocycles.